The number of ether oxygens (including phenoxy) is 2. The number of rotatable bonds is 3. The first-order valence-corrected chi connectivity index (χ1v) is 9.54. The normalized spacial score (nSPS) is 13.6. The summed E-state index contributed by atoms with van der Waals surface area (Å²) in [5, 5.41) is 0. The lowest BCUT2D eigenvalue weighted by Crippen LogP contribution is -2.16. The SMILES string of the molecule is CCCn1c(=NC(=O)c2cccc(Br)c2)sc2cc3c(cc21)OCO3. The first kappa shape index (κ1) is 16.4. The summed E-state index contributed by atoms with van der Waals surface area (Å²) < 4.78 is 14.9. The largest absolute Gasteiger partial charge is 0.454 e. The van der Waals surface area contributed by atoms with E-state index < -0.39 is 0 Å². The van der Waals surface area contributed by atoms with Crippen molar-refractivity contribution in [1.29, 1.82) is 0 Å². The third kappa shape index (κ3) is 3.09. The number of aryl methyl sites for hydroxylation is 1. The van der Waals surface area contributed by atoms with Crippen molar-refractivity contribution in [3.05, 3.63) is 51.2 Å². The van der Waals surface area contributed by atoms with E-state index in [1.807, 2.05) is 24.3 Å². The van der Waals surface area contributed by atoms with E-state index in [1.165, 1.54) is 11.3 Å². The fourth-order valence-corrected chi connectivity index (χ4v) is 4.22. The molecular formula is C18H15BrN2O3S. The van der Waals surface area contributed by atoms with Gasteiger partial charge in [0.15, 0.2) is 16.3 Å². The Kier molecular flexibility index (Phi) is 4.35. The molecule has 1 amide bonds. The Morgan fingerprint density at radius 3 is 2.84 bits per heavy atom. The lowest BCUT2D eigenvalue weighted by atomic mass is 10.2. The molecule has 4 rings (SSSR count). The monoisotopic (exact) mass is 418 g/mol. The zero-order chi connectivity index (χ0) is 17.4. The number of carbonyl (C=O) groups excluding carboxylic acids is 1. The zero-order valence-corrected chi connectivity index (χ0v) is 15.9. The smallest absolute Gasteiger partial charge is 0.279 e. The number of amides is 1. The molecule has 3 aromatic rings. The Morgan fingerprint density at radius 2 is 2.08 bits per heavy atom. The Bertz CT molecular complexity index is 1040. The van der Waals surface area contributed by atoms with Crippen LogP contribution >= 0.6 is 27.3 Å². The Hall–Kier alpha value is -2.12. The number of halogens is 1. The van der Waals surface area contributed by atoms with Gasteiger partial charge in [-0.2, -0.15) is 4.99 Å². The van der Waals surface area contributed by atoms with E-state index in [1.54, 1.807) is 12.1 Å². The number of hydrogen-bond donors (Lipinski definition) is 0. The van der Waals surface area contributed by atoms with Gasteiger partial charge in [0.25, 0.3) is 5.91 Å². The molecule has 7 heteroatoms. The molecule has 5 nitrogen and oxygen atoms in total. The summed E-state index contributed by atoms with van der Waals surface area (Å²) in [7, 11) is 0. The number of thiazole rings is 1. The number of nitrogens with zero attached hydrogens (tertiary/aromatic N) is 2. The predicted molar refractivity (Wildman–Crippen MR) is 100 cm³/mol. The van der Waals surface area contributed by atoms with Gasteiger partial charge in [-0.25, -0.2) is 0 Å². The highest BCUT2D eigenvalue weighted by Crippen LogP contribution is 2.37. The molecule has 1 aromatic heterocycles. The quantitative estimate of drug-likeness (QED) is 0.635. The standard InChI is InChI=1S/C18H15BrN2O3S/c1-2-6-21-13-8-14-15(24-10-23-14)9-16(13)25-18(21)20-17(22)11-4-3-5-12(19)7-11/h3-5,7-9H,2,6,10H2,1H3. The lowest BCUT2D eigenvalue weighted by molar-refractivity contribution is 0.0997. The van der Waals surface area contributed by atoms with E-state index in [-0.39, 0.29) is 12.7 Å². The van der Waals surface area contributed by atoms with Gasteiger partial charge in [-0.15, -0.1) is 0 Å². The molecule has 2 heterocycles. The highest BCUT2D eigenvalue weighted by atomic mass is 79.9. The number of fused-ring (bicyclic) bond motifs is 2. The molecule has 0 aliphatic carbocycles. The highest BCUT2D eigenvalue weighted by Gasteiger charge is 2.18. The second kappa shape index (κ2) is 6.65. The number of benzene rings is 2. The van der Waals surface area contributed by atoms with Crippen LogP contribution < -0.4 is 14.3 Å². The topological polar surface area (TPSA) is 52.8 Å². The van der Waals surface area contributed by atoms with Crippen LogP contribution in [0.4, 0.5) is 0 Å². The molecule has 0 fully saturated rings. The summed E-state index contributed by atoms with van der Waals surface area (Å²) in [4.78, 5) is 17.6. The van der Waals surface area contributed by atoms with Crippen LogP contribution in [0.25, 0.3) is 10.2 Å². The van der Waals surface area contributed by atoms with E-state index in [9.17, 15) is 4.79 Å². The molecule has 0 bridgehead atoms. The van der Waals surface area contributed by atoms with E-state index in [0.717, 1.165) is 39.2 Å². The molecule has 0 radical (unpaired) electrons. The van der Waals surface area contributed by atoms with Gasteiger partial charge < -0.3 is 14.0 Å². The van der Waals surface area contributed by atoms with Crippen molar-refractivity contribution >= 4 is 43.4 Å². The Balaban J connectivity index is 1.85. The number of carbonyl (C=O) groups is 1. The first-order chi connectivity index (χ1) is 12.2. The van der Waals surface area contributed by atoms with Crippen LogP contribution in [0.3, 0.4) is 0 Å². The van der Waals surface area contributed by atoms with Gasteiger partial charge in [0.2, 0.25) is 6.79 Å². The van der Waals surface area contributed by atoms with E-state index >= 15 is 0 Å². The average Bonchev–Trinajstić information content (AvgIpc) is 3.18. The van der Waals surface area contributed by atoms with Crippen molar-refractivity contribution in [3.8, 4) is 11.5 Å². The van der Waals surface area contributed by atoms with Gasteiger partial charge >= 0.3 is 0 Å². The maximum atomic E-state index is 12.6. The summed E-state index contributed by atoms with van der Waals surface area (Å²) in [6.45, 7) is 3.13. The van der Waals surface area contributed by atoms with Gasteiger partial charge in [-0.1, -0.05) is 40.3 Å². The predicted octanol–water partition coefficient (Wildman–Crippen LogP) is 4.35. The summed E-state index contributed by atoms with van der Waals surface area (Å²) in [6, 6.07) is 11.2. The molecule has 25 heavy (non-hydrogen) atoms. The molecule has 0 spiro atoms. The van der Waals surface area contributed by atoms with Crippen LogP contribution in [0.1, 0.15) is 23.7 Å². The third-order valence-corrected chi connectivity index (χ3v) is 5.43. The summed E-state index contributed by atoms with van der Waals surface area (Å²) >= 11 is 4.87. The van der Waals surface area contributed by atoms with Crippen molar-refractivity contribution in [1.82, 2.24) is 4.57 Å². The van der Waals surface area contributed by atoms with Crippen LogP contribution in [0.2, 0.25) is 0 Å². The second-order valence-corrected chi connectivity index (χ2v) is 7.56. The van der Waals surface area contributed by atoms with Crippen molar-refractivity contribution < 1.29 is 14.3 Å². The zero-order valence-electron chi connectivity index (χ0n) is 13.5. The molecule has 0 saturated carbocycles. The molecule has 2 aromatic carbocycles. The fourth-order valence-electron chi connectivity index (χ4n) is 2.76. The third-order valence-electron chi connectivity index (χ3n) is 3.89. The molecule has 128 valence electrons. The van der Waals surface area contributed by atoms with E-state index in [0.29, 0.717) is 10.4 Å². The maximum absolute atomic E-state index is 12.6. The molecule has 0 N–H and O–H groups in total. The minimum atomic E-state index is -0.252. The summed E-state index contributed by atoms with van der Waals surface area (Å²) in [5.41, 5.74) is 1.57. The Labute approximate surface area is 156 Å². The highest BCUT2D eigenvalue weighted by molar-refractivity contribution is 9.10. The summed E-state index contributed by atoms with van der Waals surface area (Å²) in [6.07, 6.45) is 0.943. The molecule has 1 aliphatic rings. The molecule has 1 aliphatic heterocycles. The Morgan fingerprint density at radius 1 is 1.28 bits per heavy atom. The van der Waals surface area contributed by atoms with Gasteiger partial charge in [0.05, 0.1) is 10.2 Å². The van der Waals surface area contributed by atoms with Gasteiger partial charge in [0, 0.05) is 28.7 Å². The van der Waals surface area contributed by atoms with Gasteiger partial charge in [-0.3, -0.25) is 4.79 Å². The van der Waals surface area contributed by atoms with E-state index in [4.69, 9.17) is 9.47 Å². The average molecular weight is 419 g/mol. The molecular weight excluding hydrogens is 404 g/mol. The van der Waals surface area contributed by atoms with Crippen LogP contribution in [0, 0.1) is 0 Å². The van der Waals surface area contributed by atoms with Crippen LogP contribution in [0.15, 0.2) is 45.9 Å². The maximum Gasteiger partial charge on any atom is 0.279 e. The minimum absolute atomic E-state index is 0.249. The van der Waals surface area contributed by atoms with Gasteiger partial charge in [-0.05, 0) is 24.6 Å². The van der Waals surface area contributed by atoms with Crippen LogP contribution in [-0.2, 0) is 6.54 Å². The van der Waals surface area contributed by atoms with Crippen LogP contribution in [-0.4, -0.2) is 17.3 Å². The van der Waals surface area contributed by atoms with Gasteiger partial charge in [0.1, 0.15) is 0 Å². The van der Waals surface area contributed by atoms with Crippen LogP contribution in [0.5, 0.6) is 11.5 Å². The number of hydrogen-bond acceptors (Lipinski definition) is 4. The first-order valence-electron chi connectivity index (χ1n) is 7.93. The van der Waals surface area contributed by atoms with Crippen molar-refractivity contribution in [2.45, 2.75) is 19.9 Å². The fraction of sp³-hybridized carbons (Fsp3) is 0.222. The summed E-state index contributed by atoms with van der Waals surface area (Å²) in [5.74, 6) is 1.22. The molecule has 0 unspecified atom stereocenters. The lowest BCUT2D eigenvalue weighted by Gasteiger charge is -2.03. The van der Waals surface area contributed by atoms with Crippen molar-refractivity contribution in [2.75, 3.05) is 6.79 Å². The van der Waals surface area contributed by atoms with Crippen molar-refractivity contribution in [2.24, 2.45) is 4.99 Å². The second-order valence-electron chi connectivity index (χ2n) is 5.64. The van der Waals surface area contributed by atoms with Crippen molar-refractivity contribution in [3.63, 3.8) is 0 Å². The molecule has 0 saturated heterocycles. The van der Waals surface area contributed by atoms with E-state index in [2.05, 4.69) is 32.4 Å². The minimum Gasteiger partial charge on any atom is -0.454 e. The number of aromatic nitrogens is 1. The molecule has 0 atom stereocenters.